The molecule has 2 heterocycles. The Morgan fingerprint density at radius 2 is 1.96 bits per heavy atom. The van der Waals surface area contributed by atoms with Gasteiger partial charge in [-0.05, 0) is 24.6 Å². The van der Waals surface area contributed by atoms with E-state index in [1.54, 1.807) is 0 Å². The molecule has 25 heavy (non-hydrogen) atoms. The first kappa shape index (κ1) is 18.2. The number of aromatic nitrogens is 1. The predicted molar refractivity (Wildman–Crippen MR) is 91.5 cm³/mol. The van der Waals surface area contributed by atoms with Crippen LogP contribution in [0.4, 0.5) is 13.2 Å². The quantitative estimate of drug-likeness (QED) is 0.816. The van der Waals surface area contributed by atoms with Crippen LogP contribution in [0.2, 0.25) is 0 Å². The Balaban J connectivity index is 2.00. The second-order valence-electron chi connectivity index (χ2n) is 6.10. The van der Waals surface area contributed by atoms with Gasteiger partial charge in [-0.25, -0.2) is 4.98 Å². The highest BCUT2D eigenvalue weighted by Crippen LogP contribution is 2.47. The third kappa shape index (κ3) is 4.16. The average Bonchev–Trinajstić information content (AvgIpc) is 2.60. The van der Waals surface area contributed by atoms with E-state index in [0.29, 0.717) is 13.2 Å². The van der Waals surface area contributed by atoms with Gasteiger partial charge in [-0.3, -0.25) is 0 Å². The summed E-state index contributed by atoms with van der Waals surface area (Å²) < 4.78 is 46.0. The van der Waals surface area contributed by atoms with Crippen LogP contribution in [0.25, 0.3) is 0 Å². The number of benzene rings is 1. The lowest BCUT2D eigenvalue weighted by Crippen LogP contribution is -2.50. The SMILES string of the molecule is C[C@@]1([C@@H](Sc2ncccc2C(F)(F)F)c2ccccc2)CNCCO1. The first-order valence-corrected chi connectivity index (χ1v) is 8.87. The van der Waals surface area contributed by atoms with Gasteiger partial charge in [0, 0.05) is 19.3 Å². The van der Waals surface area contributed by atoms with E-state index in [2.05, 4.69) is 10.3 Å². The van der Waals surface area contributed by atoms with Gasteiger partial charge in [-0.15, -0.1) is 0 Å². The molecule has 0 bridgehead atoms. The van der Waals surface area contributed by atoms with E-state index in [-0.39, 0.29) is 10.3 Å². The van der Waals surface area contributed by atoms with Gasteiger partial charge in [0.1, 0.15) is 5.03 Å². The lowest BCUT2D eigenvalue weighted by atomic mass is 9.94. The van der Waals surface area contributed by atoms with Crippen molar-refractivity contribution < 1.29 is 17.9 Å². The molecule has 0 aliphatic carbocycles. The van der Waals surface area contributed by atoms with Crippen molar-refractivity contribution in [2.24, 2.45) is 0 Å². The minimum absolute atomic E-state index is 0.0285. The molecule has 1 fully saturated rings. The predicted octanol–water partition coefficient (Wildman–Crippen LogP) is 4.31. The Hall–Kier alpha value is -1.57. The van der Waals surface area contributed by atoms with Gasteiger partial charge in [-0.1, -0.05) is 42.1 Å². The zero-order valence-electron chi connectivity index (χ0n) is 13.7. The third-order valence-electron chi connectivity index (χ3n) is 4.15. The Bertz CT molecular complexity index is 703. The number of thioether (sulfide) groups is 1. The molecular formula is C18H19F3N2OS. The largest absolute Gasteiger partial charge is 0.419 e. The van der Waals surface area contributed by atoms with Gasteiger partial charge in [0.25, 0.3) is 0 Å². The molecule has 1 aromatic carbocycles. The number of hydrogen-bond acceptors (Lipinski definition) is 4. The molecule has 0 spiro atoms. The van der Waals surface area contributed by atoms with Crippen molar-refractivity contribution in [3.63, 3.8) is 0 Å². The lowest BCUT2D eigenvalue weighted by molar-refractivity contribution is -0.140. The number of alkyl halides is 3. The van der Waals surface area contributed by atoms with E-state index < -0.39 is 17.3 Å². The molecule has 1 aliphatic heterocycles. The number of hydrogen-bond donors (Lipinski definition) is 1. The minimum Gasteiger partial charge on any atom is -0.371 e. The van der Waals surface area contributed by atoms with Crippen LogP contribution in [0.1, 0.15) is 23.3 Å². The molecule has 1 N–H and O–H groups in total. The summed E-state index contributed by atoms with van der Waals surface area (Å²) in [5.74, 6) is 0. The van der Waals surface area contributed by atoms with Gasteiger partial charge >= 0.3 is 6.18 Å². The summed E-state index contributed by atoms with van der Waals surface area (Å²) in [5, 5.41) is 2.93. The maximum atomic E-state index is 13.3. The molecule has 2 atom stereocenters. The summed E-state index contributed by atoms with van der Waals surface area (Å²) in [5.41, 5.74) is -0.434. The molecule has 1 aliphatic rings. The zero-order chi connectivity index (χ0) is 17.9. The van der Waals surface area contributed by atoms with Crippen molar-refractivity contribution in [1.29, 1.82) is 0 Å². The number of ether oxygens (including phenoxy) is 1. The fraction of sp³-hybridized carbons (Fsp3) is 0.389. The molecule has 0 saturated carbocycles. The van der Waals surface area contributed by atoms with E-state index >= 15 is 0 Å². The van der Waals surface area contributed by atoms with Crippen LogP contribution in [0.5, 0.6) is 0 Å². The number of nitrogens with zero attached hydrogens (tertiary/aromatic N) is 1. The normalized spacial score (nSPS) is 22.6. The molecule has 1 saturated heterocycles. The van der Waals surface area contributed by atoms with Crippen LogP contribution in [-0.4, -0.2) is 30.3 Å². The maximum Gasteiger partial charge on any atom is 0.419 e. The maximum absolute atomic E-state index is 13.3. The summed E-state index contributed by atoms with van der Waals surface area (Å²) >= 11 is 1.10. The fourth-order valence-electron chi connectivity index (χ4n) is 2.90. The zero-order valence-corrected chi connectivity index (χ0v) is 14.5. The first-order chi connectivity index (χ1) is 11.9. The number of morpholine rings is 1. The fourth-order valence-corrected chi connectivity index (χ4v) is 4.25. The summed E-state index contributed by atoms with van der Waals surface area (Å²) in [4.78, 5) is 4.00. The van der Waals surface area contributed by atoms with Crippen molar-refractivity contribution in [2.75, 3.05) is 19.7 Å². The van der Waals surface area contributed by atoms with Crippen molar-refractivity contribution in [1.82, 2.24) is 10.3 Å². The highest BCUT2D eigenvalue weighted by atomic mass is 32.2. The molecule has 3 nitrogen and oxygen atoms in total. The molecule has 1 aromatic heterocycles. The Kier molecular flexibility index (Phi) is 5.36. The lowest BCUT2D eigenvalue weighted by Gasteiger charge is -2.40. The van der Waals surface area contributed by atoms with Crippen LogP contribution in [0.15, 0.2) is 53.7 Å². The third-order valence-corrected chi connectivity index (χ3v) is 5.70. The van der Waals surface area contributed by atoms with Gasteiger partial charge < -0.3 is 10.1 Å². The van der Waals surface area contributed by atoms with E-state index in [9.17, 15) is 13.2 Å². The van der Waals surface area contributed by atoms with Gasteiger partial charge in [0.15, 0.2) is 0 Å². The van der Waals surface area contributed by atoms with Gasteiger partial charge in [0.05, 0.1) is 23.0 Å². The van der Waals surface area contributed by atoms with Gasteiger partial charge in [0.2, 0.25) is 0 Å². The standard InChI is InChI=1S/C18H19F3N2OS/c1-17(12-22-10-11-24-17)15(13-6-3-2-4-7-13)25-16-14(18(19,20)21)8-5-9-23-16/h2-9,15,22H,10-12H2,1H3/t15-,17-/m0/s1. The molecule has 0 radical (unpaired) electrons. The molecule has 2 aromatic rings. The molecule has 7 heteroatoms. The Morgan fingerprint density at radius 1 is 1.20 bits per heavy atom. The number of pyridine rings is 1. The molecule has 0 unspecified atom stereocenters. The smallest absolute Gasteiger partial charge is 0.371 e. The minimum atomic E-state index is -4.44. The van der Waals surface area contributed by atoms with Crippen LogP contribution in [0, 0.1) is 0 Å². The number of nitrogens with one attached hydrogen (secondary N) is 1. The monoisotopic (exact) mass is 368 g/mol. The second-order valence-corrected chi connectivity index (χ2v) is 7.19. The van der Waals surface area contributed by atoms with Crippen molar-refractivity contribution >= 4 is 11.8 Å². The summed E-state index contributed by atoms with van der Waals surface area (Å²) in [6.07, 6.45) is -3.05. The number of rotatable bonds is 4. The van der Waals surface area contributed by atoms with Crippen molar-refractivity contribution in [3.8, 4) is 0 Å². The Morgan fingerprint density at radius 3 is 2.60 bits per heavy atom. The molecular weight excluding hydrogens is 349 g/mol. The average molecular weight is 368 g/mol. The van der Waals surface area contributed by atoms with Crippen LogP contribution in [-0.2, 0) is 10.9 Å². The molecule has 0 amide bonds. The van der Waals surface area contributed by atoms with Gasteiger partial charge in [-0.2, -0.15) is 13.2 Å². The summed E-state index contributed by atoms with van der Waals surface area (Å²) in [6, 6.07) is 11.9. The highest BCUT2D eigenvalue weighted by molar-refractivity contribution is 7.99. The van der Waals surface area contributed by atoms with E-state index in [1.165, 1.54) is 12.3 Å². The van der Waals surface area contributed by atoms with E-state index in [0.717, 1.165) is 29.9 Å². The van der Waals surface area contributed by atoms with Crippen molar-refractivity contribution in [2.45, 2.75) is 29.0 Å². The van der Waals surface area contributed by atoms with Crippen LogP contribution >= 0.6 is 11.8 Å². The number of halogens is 3. The van der Waals surface area contributed by atoms with E-state index in [4.69, 9.17) is 4.74 Å². The topological polar surface area (TPSA) is 34.2 Å². The van der Waals surface area contributed by atoms with Crippen LogP contribution in [0.3, 0.4) is 0 Å². The summed E-state index contributed by atoms with van der Waals surface area (Å²) in [6.45, 7) is 3.75. The Labute approximate surface area is 149 Å². The molecule has 134 valence electrons. The van der Waals surface area contributed by atoms with Crippen molar-refractivity contribution in [3.05, 3.63) is 59.8 Å². The highest BCUT2D eigenvalue weighted by Gasteiger charge is 2.41. The second kappa shape index (κ2) is 7.35. The summed E-state index contributed by atoms with van der Waals surface area (Å²) in [7, 11) is 0. The molecule has 3 rings (SSSR count). The first-order valence-electron chi connectivity index (χ1n) is 7.99. The van der Waals surface area contributed by atoms with Crippen LogP contribution < -0.4 is 5.32 Å². The van der Waals surface area contributed by atoms with E-state index in [1.807, 2.05) is 37.3 Å².